The Labute approximate surface area is 142 Å². The molecule has 3 N–H and O–H groups in total. The Kier molecular flexibility index (Phi) is 6.56. The van der Waals surface area contributed by atoms with E-state index in [0.29, 0.717) is 18.7 Å². The summed E-state index contributed by atoms with van der Waals surface area (Å²) in [6.45, 7) is 4.11. The molecule has 6 nitrogen and oxygen atoms in total. The number of aliphatic hydroxyl groups excluding tert-OH is 1. The SMILES string of the molecule is CC[C@H](NS(=O)(=O)c1ccc(C)cc1)[C@H](NCCO)c1ccco1. The molecule has 24 heavy (non-hydrogen) atoms. The number of hydrogen-bond acceptors (Lipinski definition) is 5. The van der Waals surface area contributed by atoms with Crippen LogP contribution in [0.4, 0.5) is 0 Å². The minimum Gasteiger partial charge on any atom is -0.468 e. The molecule has 0 aliphatic heterocycles. The molecule has 0 saturated heterocycles. The second kappa shape index (κ2) is 8.43. The van der Waals surface area contributed by atoms with Gasteiger partial charge in [-0.15, -0.1) is 0 Å². The molecule has 2 rings (SSSR count). The number of nitrogens with one attached hydrogen (secondary N) is 2. The maximum Gasteiger partial charge on any atom is 0.240 e. The average Bonchev–Trinajstić information content (AvgIpc) is 3.08. The lowest BCUT2D eigenvalue weighted by molar-refractivity contribution is 0.265. The Balaban J connectivity index is 2.23. The Bertz CT molecular complexity index is 712. The van der Waals surface area contributed by atoms with Crippen LogP contribution in [0.25, 0.3) is 0 Å². The van der Waals surface area contributed by atoms with Gasteiger partial charge in [0.15, 0.2) is 0 Å². The van der Waals surface area contributed by atoms with Crippen molar-refractivity contribution in [3.63, 3.8) is 0 Å². The molecule has 1 aromatic carbocycles. The highest BCUT2D eigenvalue weighted by Crippen LogP contribution is 2.22. The van der Waals surface area contributed by atoms with E-state index in [4.69, 9.17) is 9.52 Å². The standard InChI is InChI=1S/C17H24N2O4S/c1-3-15(17(18-10-11-20)16-5-4-12-23-16)19-24(21,22)14-8-6-13(2)7-9-14/h4-9,12,15,17-20H,3,10-11H2,1-2H3/t15-,17-/m0/s1. The molecule has 7 heteroatoms. The van der Waals surface area contributed by atoms with Gasteiger partial charge in [0.05, 0.1) is 23.8 Å². The first-order chi connectivity index (χ1) is 11.5. The lowest BCUT2D eigenvalue weighted by Crippen LogP contribution is -2.44. The summed E-state index contributed by atoms with van der Waals surface area (Å²) in [5, 5.41) is 12.2. The number of furan rings is 1. The first-order valence-corrected chi connectivity index (χ1v) is 9.43. The van der Waals surface area contributed by atoms with Crippen molar-refractivity contribution in [1.29, 1.82) is 0 Å². The van der Waals surface area contributed by atoms with E-state index in [9.17, 15) is 8.42 Å². The Morgan fingerprint density at radius 2 is 1.92 bits per heavy atom. The van der Waals surface area contributed by atoms with Crippen LogP contribution >= 0.6 is 0 Å². The molecule has 0 radical (unpaired) electrons. The van der Waals surface area contributed by atoms with Crippen LogP contribution in [0, 0.1) is 6.92 Å². The van der Waals surface area contributed by atoms with Crippen molar-refractivity contribution in [3.8, 4) is 0 Å². The molecule has 132 valence electrons. The predicted molar refractivity (Wildman–Crippen MR) is 92.1 cm³/mol. The van der Waals surface area contributed by atoms with E-state index in [1.165, 1.54) is 0 Å². The lowest BCUT2D eigenvalue weighted by Gasteiger charge is -2.26. The van der Waals surface area contributed by atoms with Crippen LogP contribution in [0.1, 0.15) is 30.7 Å². The zero-order chi connectivity index (χ0) is 17.6. The van der Waals surface area contributed by atoms with Crippen LogP contribution in [0.15, 0.2) is 52.0 Å². The highest BCUT2D eigenvalue weighted by Gasteiger charge is 2.28. The first-order valence-electron chi connectivity index (χ1n) is 7.94. The fraction of sp³-hybridized carbons (Fsp3) is 0.412. The topological polar surface area (TPSA) is 91.6 Å². The summed E-state index contributed by atoms with van der Waals surface area (Å²) in [6, 6.07) is 9.49. The summed E-state index contributed by atoms with van der Waals surface area (Å²) in [5.74, 6) is 0.627. The summed E-state index contributed by atoms with van der Waals surface area (Å²) < 4.78 is 33.5. The van der Waals surface area contributed by atoms with Gasteiger partial charge in [0.1, 0.15) is 5.76 Å². The Morgan fingerprint density at radius 3 is 2.46 bits per heavy atom. The fourth-order valence-corrected chi connectivity index (χ4v) is 3.83. The maximum absolute atomic E-state index is 12.6. The van der Waals surface area contributed by atoms with Gasteiger partial charge < -0.3 is 14.8 Å². The van der Waals surface area contributed by atoms with Crippen molar-refractivity contribution in [3.05, 3.63) is 54.0 Å². The normalized spacial score (nSPS) is 14.5. The van der Waals surface area contributed by atoms with Gasteiger partial charge >= 0.3 is 0 Å². The molecule has 0 aliphatic rings. The van der Waals surface area contributed by atoms with Gasteiger partial charge in [-0.2, -0.15) is 0 Å². The number of aliphatic hydroxyl groups is 1. The minimum atomic E-state index is -3.64. The van der Waals surface area contributed by atoms with Crippen LogP contribution in [0.5, 0.6) is 0 Å². The van der Waals surface area contributed by atoms with Crippen LogP contribution in [-0.2, 0) is 10.0 Å². The van der Waals surface area contributed by atoms with Crippen LogP contribution in [-0.4, -0.2) is 32.7 Å². The smallest absolute Gasteiger partial charge is 0.240 e. The fourth-order valence-electron chi connectivity index (χ4n) is 2.50. The van der Waals surface area contributed by atoms with Gasteiger partial charge in [-0.25, -0.2) is 13.1 Å². The molecule has 0 unspecified atom stereocenters. The van der Waals surface area contributed by atoms with Gasteiger partial charge in [-0.3, -0.25) is 0 Å². The molecular formula is C17H24N2O4S. The molecule has 1 heterocycles. The minimum absolute atomic E-state index is 0.0433. The van der Waals surface area contributed by atoms with Crippen LogP contribution in [0.3, 0.4) is 0 Å². The van der Waals surface area contributed by atoms with Crippen molar-refractivity contribution in [2.24, 2.45) is 0 Å². The molecule has 0 saturated carbocycles. The van der Waals surface area contributed by atoms with Crippen molar-refractivity contribution in [2.75, 3.05) is 13.2 Å². The zero-order valence-electron chi connectivity index (χ0n) is 13.9. The molecule has 0 bridgehead atoms. The molecule has 0 fully saturated rings. The number of aryl methyl sites for hydroxylation is 1. The monoisotopic (exact) mass is 352 g/mol. The predicted octanol–water partition coefficient (Wildman–Crippen LogP) is 1.97. The lowest BCUT2D eigenvalue weighted by atomic mass is 10.0. The van der Waals surface area contributed by atoms with E-state index in [0.717, 1.165) is 5.56 Å². The largest absolute Gasteiger partial charge is 0.468 e. The number of benzene rings is 1. The third-order valence-corrected chi connectivity index (χ3v) is 5.31. The number of rotatable bonds is 9. The Morgan fingerprint density at radius 1 is 1.21 bits per heavy atom. The van der Waals surface area contributed by atoms with Gasteiger partial charge in [0.25, 0.3) is 0 Å². The third kappa shape index (κ3) is 4.67. The first kappa shape index (κ1) is 18.7. The van der Waals surface area contributed by atoms with Crippen LogP contribution in [0.2, 0.25) is 0 Å². The zero-order valence-corrected chi connectivity index (χ0v) is 14.7. The quantitative estimate of drug-likeness (QED) is 0.642. The van der Waals surface area contributed by atoms with E-state index in [2.05, 4.69) is 10.0 Å². The summed E-state index contributed by atoms with van der Waals surface area (Å²) in [5.41, 5.74) is 0.999. The molecular weight excluding hydrogens is 328 g/mol. The average molecular weight is 352 g/mol. The molecule has 1 aromatic heterocycles. The van der Waals surface area contributed by atoms with Crippen LogP contribution < -0.4 is 10.0 Å². The van der Waals surface area contributed by atoms with E-state index < -0.39 is 16.1 Å². The second-order valence-corrected chi connectivity index (χ2v) is 7.33. The van der Waals surface area contributed by atoms with Gasteiger partial charge in [0.2, 0.25) is 10.0 Å². The highest BCUT2D eigenvalue weighted by molar-refractivity contribution is 7.89. The number of hydrogen-bond donors (Lipinski definition) is 3. The van der Waals surface area contributed by atoms with Crippen molar-refractivity contribution >= 4 is 10.0 Å². The van der Waals surface area contributed by atoms with Gasteiger partial charge in [-0.1, -0.05) is 24.6 Å². The molecule has 2 aromatic rings. The second-order valence-electron chi connectivity index (χ2n) is 5.62. The number of sulfonamides is 1. The summed E-state index contributed by atoms with van der Waals surface area (Å²) in [6.07, 6.45) is 2.11. The van der Waals surface area contributed by atoms with E-state index in [-0.39, 0.29) is 17.5 Å². The summed E-state index contributed by atoms with van der Waals surface area (Å²) in [7, 11) is -3.64. The Hall–Kier alpha value is -1.67. The third-order valence-electron chi connectivity index (χ3n) is 3.81. The molecule has 0 spiro atoms. The van der Waals surface area contributed by atoms with E-state index in [1.807, 2.05) is 13.8 Å². The van der Waals surface area contributed by atoms with E-state index >= 15 is 0 Å². The van der Waals surface area contributed by atoms with E-state index in [1.54, 1.807) is 42.7 Å². The van der Waals surface area contributed by atoms with Gasteiger partial charge in [0, 0.05) is 12.6 Å². The van der Waals surface area contributed by atoms with Crippen molar-refractivity contribution < 1.29 is 17.9 Å². The summed E-state index contributed by atoms with van der Waals surface area (Å²) in [4.78, 5) is 0.229. The van der Waals surface area contributed by atoms with Crippen molar-refractivity contribution in [2.45, 2.75) is 37.2 Å². The molecule has 0 aliphatic carbocycles. The highest BCUT2D eigenvalue weighted by atomic mass is 32.2. The van der Waals surface area contributed by atoms with Crippen molar-refractivity contribution in [1.82, 2.24) is 10.0 Å². The maximum atomic E-state index is 12.6. The van der Waals surface area contributed by atoms with Gasteiger partial charge in [-0.05, 0) is 37.6 Å². The molecule has 2 atom stereocenters. The summed E-state index contributed by atoms with van der Waals surface area (Å²) >= 11 is 0. The molecule has 0 amide bonds.